The molecule has 6 rings (SSSR count). The minimum atomic E-state index is -3.92. The van der Waals surface area contributed by atoms with E-state index < -0.39 is 69.2 Å². The van der Waals surface area contributed by atoms with Gasteiger partial charge in [0.25, 0.3) is 5.91 Å². The smallest absolute Gasteiger partial charge is 0.408 e. The average Bonchev–Trinajstić information content (AvgIpc) is 3.48. The summed E-state index contributed by atoms with van der Waals surface area (Å²) in [4.78, 5) is 73.6. The van der Waals surface area contributed by atoms with Crippen molar-refractivity contribution >= 4 is 61.9 Å². The summed E-state index contributed by atoms with van der Waals surface area (Å²) in [7, 11) is -3.92. The maximum atomic E-state index is 14.4. The van der Waals surface area contributed by atoms with E-state index >= 15 is 0 Å². The normalized spacial score (nSPS) is 19.5. The molecule has 0 bridgehead atoms. The van der Waals surface area contributed by atoms with Gasteiger partial charge in [0, 0.05) is 29.4 Å². The van der Waals surface area contributed by atoms with Crippen molar-refractivity contribution in [1.29, 1.82) is 0 Å². The number of thiophene rings is 1. The molecule has 292 valence electrons. The van der Waals surface area contributed by atoms with Gasteiger partial charge in [-0.15, -0.1) is 17.9 Å². The number of pyridine rings is 1. The van der Waals surface area contributed by atoms with E-state index in [1.807, 2.05) is 41.8 Å². The summed E-state index contributed by atoms with van der Waals surface area (Å²) in [6.45, 7) is 6.59. The standard InChI is InChI=1S/C38H44N6O9S2/c1-3-8-29(34(46)43-55(50,51)27-14-15-27)41-35(47)31-20-26(52-36-28-19-24(32-11-7-18-54-32)13-12-23(28)16-17-39-36)22-44(31)37(48)30(21-40-33(45)4-2)42-38(49)53-25-9-5-6-10-25/h3-4,7,11-13,16-19,25-27,29-31H,1-2,5-6,8-10,14-15,20-22H2,(H,40,45)(H,41,47)(H,42,49)(H,43,46)/t26?,29?,30-,31-/m0/s1. The van der Waals surface area contributed by atoms with Crippen LogP contribution in [0.25, 0.3) is 21.2 Å². The Balaban J connectivity index is 1.27. The zero-order valence-corrected chi connectivity index (χ0v) is 31.7. The lowest BCUT2D eigenvalue weighted by Gasteiger charge is -2.29. The molecule has 1 aliphatic heterocycles. The molecule has 1 aromatic carbocycles. The maximum Gasteiger partial charge on any atom is 0.408 e. The van der Waals surface area contributed by atoms with Crippen LogP contribution in [0.3, 0.4) is 0 Å². The van der Waals surface area contributed by atoms with Crippen LogP contribution in [-0.2, 0) is 33.9 Å². The molecular weight excluding hydrogens is 749 g/mol. The molecule has 3 heterocycles. The molecule has 17 heteroatoms. The number of hydrogen-bond acceptors (Lipinski definition) is 11. The Hall–Kier alpha value is -5.29. The molecule has 2 saturated carbocycles. The van der Waals surface area contributed by atoms with Crippen LogP contribution in [0.1, 0.15) is 51.4 Å². The molecular formula is C38H44N6O9S2. The van der Waals surface area contributed by atoms with E-state index in [1.165, 1.54) is 11.0 Å². The Morgan fingerprint density at radius 1 is 1.00 bits per heavy atom. The van der Waals surface area contributed by atoms with Gasteiger partial charge in [-0.05, 0) is 85.6 Å². The number of nitrogens with one attached hydrogen (secondary N) is 4. The predicted octanol–water partition coefficient (Wildman–Crippen LogP) is 3.32. The highest BCUT2D eigenvalue weighted by atomic mass is 32.2. The summed E-state index contributed by atoms with van der Waals surface area (Å²) in [5.41, 5.74) is 0.955. The molecule has 2 aromatic heterocycles. The Morgan fingerprint density at radius 3 is 2.47 bits per heavy atom. The number of alkyl carbamates (subject to hydrolysis) is 1. The molecule has 4 atom stereocenters. The molecule has 2 unspecified atom stereocenters. The number of rotatable bonds is 16. The second-order valence-electron chi connectivity index (χ2n) is 13.8. The van der Waals surface area contributed by atoms with Crippen LogP contribution in [0, 0.1) is 0 Å². The van der Waals surface area contributed by atoms with Crippen molar-refractivity contribution in [2.75, 3.05) is 13.1 Å². The van der Waals surface area contributed by atoms with Crippen LogP contribution in [0.15, 0.2) is 73.3 Å². The fourth-order valence-electron chi connectivity index (χ4n) is 6.71. The number of amides is 5. The van der Waals surface area contributed by atoms with Gasteiger partial charge in [0.2, 0.25) is 33.6 Å². The highest BCUT2D eigenvalue weighted by Gasteiger charge is 2.45. The number of nitrogens with zero attached hydrogens (tertiary/aromatic N) is 2. The van der Waals surface area contributed by atoms with Gasteiger partial charge >= 0.3 is 6.09 Å². The molecule has 3 aromatic rings. The second-order valence-corrected chi connectivity index (χ2v) is 16.7. The molecule has 0 radical (unpaired) electrons. The zero-order valence-electron chi connectivity index (χ0n) is 30.1. The van der Waals surface area contributed by atoms with Crippen LogP contribution < -0.4 is 25.4 Å². The summed E-state index contributed by atoms with van der Waals surface area (Å²) in [6.07, 6.45) is 5.90. The van der Waals surface area contributed by atoms with Crippen molar-refractivity contribution in [3.63, 3.8) is 0 Å². The molecule has 4 N–H and O–H groups in total. The minimum absolute atomic E-state index is 0.0543. The fraction of sp³-hybridized carbons (Fsp3) is 0.421. The van der Waals surface area contributed by atoms with Gasteiger partial charge in [-0.3, -0.25) is 23.9 Å². The van der Waals surface area contributed by atoms with E-state index in [0.29, 0.717) is 31.1 Å². The summed E-state index contributed by atoms with van der Waals surface area (Å²) >= 11 is 1.58. The first kappa shape index (κ1) is 39.4. The van der Waals surface area contributed by atoms with E-state index in [9.17, 15) is 32.4 Å². The second kappa shape index (κ2) is 17.5. The van der Waals surface area contributed by atoms with Crippen molar-refractivity contribution in [3.8, 4) is 16.3 Å². The van der Waals surface area contributed by atoms with Crippen molar-refractivity contribution in [1.82, 2.24) is 30.6 Å². The third-order valence-corrected chi connectivity index (χ3v) is 12.5. The van der Waals surface area contributed by atoms with E-state index in [-0.39, 0.29) is 37.9 Å². The van der Waals surface area contributed by atoms with E-state index in [2.05, 4.69) is 38.8 Å². The first-order valence-corrected chi connectivity index (χ1v) is 20.6. The lowest BCUT2D eigenvalue weighted by molar-refractivity contribution is -0.140. The number of fused-ring (bicyclic) bond motifs is 1. The highest BCUT2D eigenvalue weighted by Crippen LogP contribution is 2.33. The highest BCUT2D eigenvalue weighted by molar-refractivity contribution is 7.90. The largest absolute Gasteiger partial charge is 0.472 e. The van der Waals surface area contributed by atoms with Crippen molar-refractivity contribution in [3.05, 3.63) is 73.3 Å². The number of carbonyl (C=O) groups is 5. The van der Waals surface area contributed by atoms with E-state index in [4.69, 9.17) is 9.47 Å². The van der Waals surface area contributed by atoms with Crippen LogP contribution in [0.2, 0.25) is 0 Å². The van der Waals surface area contributed by atoms with Crippen LogP contribution in [-0.4, -0.2) is 96.7 Å². The monoisotopic (exact) mass is 792 g/mol. The average molecular weight is 793 g/mol. The lowest BCUT2D eigenvalue weighted by Crippen LogP contribution is -2.58. The third-order valence-electron chi connectivity index (χ3n) is 9.74. The van der Waals surface area contributed by atoms with E-state index in [1.54, 1.807) is 17.5 Å². The van der Waals surface area contributed by atoms with Crippen molar-refractivity contribution in [2.24, 2.45) is 0 Å². The van der Waals surface area contributed by atoms with Crippen molar-refractivity contribution in [2.45, 2.75) is 86.9 Å². The molecule has 2 aliphatic carbocycles. The molecule has 3 aliphatic rings. The van der Waals surface area contributed by atoms with E-state index in [0.717, 1.165) is 34.7 Å². The van der Waals surface area contributed by atoms with Gasteiger partial charge < -0.3 is 30.3 Å². The Labute approximate surface area is 323 Å². The number of hydrogen-bond donors (Lipinski definition) is 4. The van der Waals surface area contributed by atoms with Gasteiger partial charge in [-0.2, -0.15) is 0 Å². The quantitative estimate of drug-likeness (QED) is 0.123. The first-order valence-electron chi connectivity index (χ1n) is 18.2. The number of benzene rings is 1. The minimum Gasteiger partial charge on any atom is -0.472 e. The maximum absolute atomic E-state index is 14.4. The van der Waals surface area contributed by atoms with Gasteiger partial charge in [0.15, 0.2) is 0 Å². The SMILES string of the molecule is C=CCC(NC(=O)[C@@H]1CC(Oc2nccc3ccc(-c4cccs4)cc23)CN1C(=O)[C@H](CNC(=O)C=C)NC(=O)OC1CCCC1)C(=O)NS(=O)(=O)C1CC1. The molecule has 1 saturated heterocycles. The third kappa shape index (κ3) is 9.88. The predicted molar refractivity (Wildman–Crippen MR) is 205 cm³/mol. The first-order chi connectivity index (χ1) is 26.4. The fourth-order valence-corrected chi connectivity index (χ4v) is 8.78. The van der Waals surface area contributed by atoms with Crippen molar-refractivity contribution < 1.29 is 41.9 Å². The number of carbonyl (C=O) groups excluding carboxylic acids is 5. The number of sulfonamides is 1. The molecule has 15 nitrogen and oxygen atoms in total. The Morgan fingerprint density at radius 2 is 1.78 bits per heavy atom. The Kier molecular flexibility index (Phi) is 12.5. The van der Waals surface area contributed by atoms with Gasteiger partial charge in [-0.25, -0.2) is 18.2 Å². The zero-order chi connectivity index (χ0) is 39.1. The Bertz CT molecular complexity index is 2050. The topological polar surface area (TPSA) is 202 Å². The van der Waals surface area contributed by atoms with Crippen LogP contribution in [0.4, 0.5) is 4.79 Å². The summed E-state index contributed by atoms with van der Waals surface area (Å²) in [5, 5.41) is 10.6. The van der Waals surface area contributed by atoms with Gasteiger partial charge in [-0.1, -0.05) is 30.9 Å². The summed E-state index contributed by atoms with van der Waals surface area (Å²) in [5.74, 6) is -2.75. The molecule has 0 spiro atoms. The summed E-state index contributed by atoms with van der Waals surface area (Å²) < 4.78 is 39.2. The summed E-state index contributed by atoms with van der Waals surface area (Å²) in [6, 6.07) is 7.75. The molecule has 3 fully saturated rings. The number of ether oxygens (including phenoxy) is 2. The number of likely N-dealkylation sites (tertiary alicyclic amines) is 1. The van der Waals surface area contributed by atoms with Crippen LogP contribution >= 0.6 is 11.3 Å². The van der Waals surface area contributed by atoms with Gasteiger partial charge in [0.1, 0.15) is 30.3 Å². The lowest BCUT2D eigenvalue weighted by atomic mass is 10.1. The number of aromatic nitrogens is 1. The molecule has 55 heavy (non-hydrogen) atoms. The van der Waals surface area contributed by atoms with Gasteiger partial charge in [0.05, 0.1) is 11.8 Å². The van der Waals surface area contributed by atoms with Crippen LogP contribution in [0.5, 0.6) is 5.88 Å². The molecule has 5 amide bonds.